The van der Waals surface area contributed by atoms with Crippen LogP contribution in [0.1, 0.15) is 26.3 Å². The standard InChI is InChI=1S/C15H12BrNO3/c16-13-7-5-11(6-8-13)14(18)17-9-10-1-3-12(4-2-10)15(19)20/h1-8H,9H2,(H,17,18)(H,19,20). The minimum absolute atomic E-state index is 0.167. The molecule has 0 spiro atoms. The number of carboxylic acid groups (broad SMARTS) is 1. The SMILES string of the molecule is O=C(O)c1ccc(CNC(=O)c2ccc(Br)cc2)cc1. The van der Waals surface area contributed by atoms with E-state index in [-0.39, 0.29) is 11.5 Å². The molecule has 2 N–H and O–H groups in total. The molecule has 0 aliphatic carbocycles. The third kappa shape index (κ3) is 3.68. The lowest BCUT2D eigenvalue weighted by Gasteiger charge is -2.06. The third-order valence-electron chi connectivity index (χ3n) is 2.76. The molecule has 2 aromatic rings. The van der Waals surface area contributed by atoms with Crippen molar-refractivity contribution in [2.24, 2.45) is 0 Å². The van der Waals surface area contributed by atoms with E-state index in [0.717, 1.165) is 10.0 Å². The normalized spacial score (nSPS) is 10.1. The molecule has 2 aromatic carbocycles. The van der Waals surface area contributed by atoms with E-state index in [0.29, 0.717) is 12.1 Å². The molecule has 0 aliphatic heterocycles. The Balaban J connectivity index is 1.96. The summed E-state index contributed by atoms with van der Waals surface area (Å²) in [5.74, 6) is -1.13. The highest BCUT2D eigenvalue weighted by Crippen LogP contribution is 2.10. The van der Waals surface area contributed by atoms with Crippen LogP contribution in [0.5, 0.6) is 0 Å². The monoisotopic (exact) mass is 333 g/mol. The van der Waals surface area contributed by atoms with Crippen LogP contribution in [0.2, 0.25) is 0 Å². The van der Waals surface area contributed by atoms with Crippen LogP contribution in [-0.4, -0.2) is 17.0 Å². The number of benzene rings is 2. The molecule has 0 bridgehead atoms. The van der Waals surface area contributed by atoms with Crippen molar-refractivity contribution in [1.29, 1.82) is 0 Å². The van der Waals surface area contributed by atoms with Gasteiger partial charge in [0.15, 0.2) is 0 Å². The molecular weight excluding hydrogens is 322 g/mol. The lowest BCUT2D eigenvalue weighted by molar-refractivity contribution is 0.0696. The maximum Gasteiger partial charge on any atom is 0.335 e. The fourth-order valence-electron chi connectivity index (χ4n) is 1.65. The minimum atomic E-state index is -0.963. The first-order valence-electron chi connectivity index (χ1n) is 5.92. The number of halogens is 1. The molecule has 4 nitrogen and oxygen atoms in total. The van der Waals surface area contributed by atoms with Gasteiger partial charge in [-0.3, -0.25) is 4.79 Å². The molecule has 0 unspecified atom stereocenters. The number of carbonyl (C=O) groups excluding carboxylic acids is 1. The quantitative estimate of drug-likeness (QED) is 0.903. The molecule has 0 aromatic heterocycles. The van der Waals surface area contributed by atoms with Crippen LogP contribution in [0, 0.1) is 0 Å². The van der Waals surface area contributed by atoms with Gasteiger partial charge in [-0.2, -0.15) is 0 Å². The Morgan fingerprint density at radius 2 is 1.50 bits per heavy atom. The first-order chi connectivity index (χ1) is 9.56. The molecule has 20 heavy (non-hydrogen) atoms. The average molecular weight is 334 g/mol. The van der Waals surface area contributed by atoms with Gasteiger partial charge in [0.2, 0.25) is 0 Å². The Bertz CT molecular complexity index is 621. The van der Waals surface area contributed by atoms with Crippen LogP contribution < -0.4 is 5.32 Å². The highest BCUT2D eigenvalue weighted by molar-refractivity contribution is 9.10. The van der Waals surface area contributed by atoms with Crippen LogP contribution in [0.15, 0.2) is 53.0 Å². The van der Waals surface area contributed by atoms with Gasteiger partial charge in [-0.15, -0.1) is 0 Å². The number of carbonyl (C=O) groups is 2. The molecule has 5 heteroatoms. The summed E-state index contributed by atoms with van der Waals surface area (Å²) in [5, 5.41) is 11.6. The molecule has 102 valence electrons. The molecule has 1 amide bonds. The van der Waals surface area contributed by atoms with Crippen molar-refractivity contribution in [3.8, 4) is 0 Å². The fraction of sp³-hybridized carbons (Fsp3) is 0.0667. The van der Waals surface area contributed by atoms with E-state index in [1.165, 1.54) is 12.1 Å². The summed E-state index contributed by atoms with van der Waals surface area (Å²) in [4.78, 5) is 22.6. The number of hydrogen-bond donors (Lipinski definition) is 2. The summed E-state index contributed by atoms with van der Waals surface area (Å²) in [6, 6.07) is 13.5. The number of rotatable bonds is 4. The van der Waals surface area contributed by atoms with Crippen LogP contribution in [-0.2, 0) is 6.54 Å². The second kappa shape index (κ2) is 6.34. The Morgan fingerprint density at radius 1 is 0.950 bits per heavy atom. The van der Waals surface area contributed by atoms with Crippen LogP contribution in [0.4, 0.5) is 0 Å². The summed E-state index contributed by atoms with van der Waals surface area (Å²) in [6.07, 6.45) is 0. The zero-order valence-corrected chi connectivity index (χ0v) is 12.1. The fourth-order valence-corrected chi connectivity index (χ4v) is 1.92. The molecule has 0 aliphatic rings. The number of amides is 1. The van der Waals surface area contributed by atoms with Crippen molar-refractivity contribution in [2.45, 2.75) is 6.54 Å². The maximum absolute atomic E-state index is 11.9. The van der Waals surface area contributed by atoms with Gasteiger partial charge in [-0.05, 0) is 42.0 Å². The predicted molar refractivity (Wildman–Crippen MR) is 78.7 cm³/mol. The van der Waals surface area contributed by atoms with Gasteiger partial charge >= 0.3 is 5.97 Å². The molecule has 2 rings (SSSR count). The summed E-state index contributed by atoms with van der Waals surface area (Å²) >= 11 is 3.31. The molecule has 0 saturated heterocycles. The van der Waals surface area contributed by atoms with Gasteiger partial charge in [-0.25, -0.2) is 4.79 Å². The summed E-state index contributed by atoms with van der Waals surface area (Å²) in [6.45, 7) is 0.356. The molecule has 0 fully saturated rings. The van der Waals surface area contributed by atoms with Crippen molar-refractivity contribution < 1.29 is 14.7 Å². The summed E-state index contributed by atoms with van der Waals surface area (Å²) < 4.78 is 0.915. The zero-order valence-electron chi connectivity index (χ0n) is 10.5. The van der Waals surface area contributed by atoms with Crippen molar-refractivity contribution in [3.05, 3.63) is 69.7 Å². The van der Waals surface area contributed by atoms with Crippen LogP contribution in [0.3, 0.4) is 0 Å². The zero-order chi connectivity index (χ0) is 14.5. The summed E-state index contributed by atoms with van der Waals surface area (Å²) in [5.41, 5.74) is 1.66. The lowest BCUT2D eigenvalue weighted by Crippen LogP contribution is -2.22. The highest BCUT2D eigenvalue weighted by atomic mass is 79.9. The van der Waals surface area contributed by atoms with Gasteiger partial charge in [0, 0.05) is 16.6 Å². The molecule has 0 radical (unpaired) electrons. The lowest BCUT2D eigenvalue weighted by atomic mass is 10.1. The van der Waals surface area contributed by atoms with E-state index >= 15 is 0 Å². The number of hydrogen-bond acceptors (Lipinski definition) is 2. The van der Waals surface area contributed by atoms with E-state index in [4.69, 9.17) is 5.11 Å². The smallest absolute Gasteiger partial charge is 0.335 e. The number of carboxylic acids is 1. The van der Waals surface area contributed by atoms with E-state index in [9.17, 15) is 9.59 Å². The second-order valence-corrected chi connectivity index (χ2v) is 5.11. The maximum atomic E-state index is 11.9. The van der Waals surface area contributed by atoms with Crippen molar-refractivity contribution in [2.75, 3.05) is 0 Å². The number of aromatic carboxylic acids is 1. The average Bonchev–Trinajstić information content (AvgIpc) is 2.46. The largest absolute Gasteiger partial charge is 0.478 e. The topological polar surface area (TPSA) is 66.4 Å². The summed E-state index contributed by atoms with van der Waals surface area (Å²) in [7, 11) is 0. The first-order valence-corrected chi connectivity index (χ1v) is 6.71. The van der Waals surface area contributed by atoms with Crippen LogP contribution in [0.25, 0.3) is 0 Å². The van der Waals surface area contributed by atoms with Crippen LogP contribution >= 0.6 is 15.9 Å². The van der Waals surface area contributed by atoms with Gasteiger partial charge in [0.25, 0.3) is 5.91 Å². The van der Waals surface area contributed by atoms with Gasteiger partial charge in [0.1, 0.15) is 0 Å². The van der Waals surface area contributed by atoms with Gasteiger partial charge in [-0.1, -0.05) is 28.1 Å². The molecule has 0 heterocycles. The third-order valence-corrected chi connectivity index (χ3v) is 3.29. The Kier molecular flexibility index (Phi) is 4.53. The van der Waals surface area contributed by atoms with E-state index < -0.39 is 5.97 Å². The Hall–Kier alpha value is -2.14. The van der Waals surface area contributed by atoms with Gasteiger partial charge in [0.05, 0.1) is 5.56 Å². The molecule has 0 atom stereocenters. The van der Waals surface area contributed by atoms with E-state index in [1.54, 1.807) is 36.4 Å². The molecular formula is C15H12BrNO3. The van der Waals surface area contributed by atoms with E-state index in [2.05, 4.69) is 21.2 Å². The second-order valence-electron chi connectivity index (χ2n) is 4.19. The predicted octanol–water partition coefficient (Wildman–Crippen LogP) is 3.08. The minimum Gasteiger partial charge on any atom is -0.478 e. The highest BCUT2D eigenvalue weighted by Gasteiger charge is 2.06. The van der Waals surface area contributed by atoms with Crippen molar-refractivity contribution >= 4 is 27.8 Å². The van der Waals surface area contributed by atoms with E-state index in [1.807, 2.05) is 0 Å². The molecule has 0 saturated carbocycles. The first kappa shape index (κ1) is 14.3. The van der Waals surface area contributed by atoms with Gasteiger partial charge < -0.3 is 10.4 Å². The number of nitrogens with one attached hydrogen (secondary N) is 1. The van der Waals surface area contributed by atoms with Crippen molar-refractivity contribution in [1.82, 2.24) is 5.32 Å². The Morgan fingerprint density at radius 3 is 2.05 bits per heavy atom. The van der Waals surface area contributed by atoms with Crippen molar-refractivity contribution in [3.63, 3.8) is 0 Å². The Labute approximate surface area is 124 Å².